The van der Waals surface area contributed by atoms with Crippen molar-refractivity contribution in [3.63, 3.8) is 0 Å². The molecule has 0 spiro atoms. The standard InChI is InChI=1S/C11H20N2O/c1-8-5-9(6-8)7-13-4-2-3-10(13)11(12)14/h8-10H,2-7H2,1H3,(H2,12,14)/t8?,9?,10-/m1/s1. The fraction of sp³-hybridized carbons (Fsp3) is 0.909. The zero-order valence-corrected chi connectivity index (χ0v) is 8.91. The molecule has 1 atom stereocenters. The SMILES string of the molecule is CC1CC(CN2CCC[C@@H]2C(N)=O)C1. The third kappa shape index (κ3) is 1.92. The number of carbonyl (C=O) groups is 1. The Morgan fingerprint density at radius 3 is 2.79 bits per heavy atom. The van der Waals surface area contributed by atoms with Crippen molar-refractivity contribution in [1.29, 1.82) is 0 Å². The van der Waals surface area contributed by atoms with E-state index in [1.54, 1.807) is 0 Å². The maximum Gasteiger partial charge on any atom is 0.234 e. The molecule has 2 rings (SSSR count). The lowest BCUT2D eigenvalue weighted by molar-refractivity contribution is -0.122. The van der Waals surface area contributed by atoms with Crippen LogP contribution >= 0.6 is 0 Å². The molecule has 2 fully saturated rings. The van der Waals surface area contributed by atoms with Crippen molar-refractivity contribution < 1.29 is 4.79 Å². The summed E-state index contributed by atoms with van der Waals surface area (Å²) in [5.41, 5.74) is 5.37. The molecule has 0 aromatic carbocycles. The van der Waals surface area contributed by atoms with Gasteiger partial charge in [-0.05, 0) is 44.1 Å². The highest BCUT2D eigenvalue weighted by atomic mass is 16.1. The minimum atomic E-state index is -0.130. The van der Waals surface area contributed by atoms with Crippen LogP contribution in [0.2, 0.25) is 0 Å². The fourth-order valence-corrected chi connectivity index (χ4v) is 2.92. The molecule has 14 heavy (non-hydrogen) atoms. The second-order valence-corrected chi connectivity index (χ2v) is 5.00. The molecule has 3 nitrogen and oxygen atoms in total. The van der Waals surface area contributed by atoms with Gasteiger partial charge in [-0.25, -0.2) is 0 Å². The van der Waals surface area contributed by atoms with Gasteiger partial charge in [-0.3, -0.25) is 9.69 Å². The van der Waals surface area contributed by atoms with Gasteiger partial charge in [0.15, 0.2) is 0 Å². The zero-order valence-electron chi connectivity index (χ0n) is 8.91. The molecule has 2 aliphatic rings. The molecule has 1 saturated carbocycles. The van der Waals surface area contributed by atoms with Crippen molar-refractivity contribution in [2.45, 2.75) is 38.6 Å². The number of rotatable bonds is 3. The zero-order chi connectivity index (χ0) is 10.1. The molecule has 0 aromatic rings. The molecular weight excluding hydrogens is 176 g/mol. The van der Waals surface area contributed by atoms with Gasteiger partial charge in [0.1, 0.15) is 0 Å². The summed E-state index contributed by atoms with van der Waals surface area (Å²) < 4.78 is 0. The summed E-state index contributed by atoms with van der Waals surface area (Å²) in [6, 6.07) is 0.0332. The van der Waals surface area contributed by atoms with Gasteiger partial charge in [0.25, 0.3) is 0 Å². The first-order valence-corrected chi connectivity index (χ1v) is 5.70. The molecule has 2 N–H and O–H groups in total. The van der Waals surface area contributed by atoms with Crippen molar-refractivity contribution in [2.75, 3.05) is 13.1 Å². The third-order valence-electron chi connectivity index (χ3n) is 3.66. The van der Waals surface area contributed by atoms with Crippen LogP contribution in [-0.4, -0.2) is 29.9 Å². The van der Waals surface area contributed by atoms with Gasteiger partial charge in [0.2, 0.25) is 5.91 Å². The van der Waals surface area contributed by atoms with Gasteiger partial charge in [-0.2, -0.15) is 0 Å². The molecule has 1 amide bonds. The fourth-order valence-electron chi connectivity index (χ4n) is 2.92. The average molecular weight is 196 g/mol. The lowest BCUT2D eigenvalue weighted by atomic mass is 9.76. The summed E-state index contributed by atoms with van der Waals surface area (Å²) in [6.45, 7) is 4.46. The largest absolute Gasteiger partial charge is 0.368 e. The highest BCUT2D eigenvalue weighted by Gasteiger charge is 2.33. The number of hydrogen-bond acceptors (Lipinski definition) is 2. The van der Waals surface area contributed by atoms with Gasteiger partial charge < -0.3 is 5.73 Å². The topological polar surface area (TPSA) is 46.3 Å². The van der Waals surface area contributed by atoms with E-state index in [9.17, 15) is 4.79 Å². The van der Waals surface area contributed by atoms with Crippen molar-refractivity contribution >= 4 is 5.91 Å². The second-order valence-electron chi connectivity index (χ2n) is 5.00. The minimum absolute atomic E-state index is 0.0332. The van der Waals surface area contributed by atoms with Crippen LogP contribution < -0.4 is 5.73 Å². The van der Waals surface area contributed by atoms with E-state index in [0.29, 0.717) is 0 Å². The Labute approximate surface area is 85.6 Å². The highest BCUT2D eigenvalue weighted by Crippen LogP contribution is 2.34. The Hall–Kier alpha value is -0.570. The summed E-state index contributed by atoms with van der Waals surface area (Å²) in [4.78, 5) is 13.4. The lowest BCUT2D eigenvalue weighted by Crippen LogP contribution is -2.44. The van der Waals surface area contributed by atoms with E-state index >= 15 is 0 Å². The molecule has 0 unspecified atom stereocenters. The van der Waals surface area contributed by atoms with E-state index in [1.807, 2.05) is 0 Å². The van der Waals surface area contributed by atoms with Crippen LogP contribution in [0.15, 0.2) is 0 Å². The lowest BCUT2D eigenvalue weighted by Gasteiger charge is -2.36. The van der Waals surface area contributed by atoms with E-state index in [-0.39, 0.29) is 11.9 Å². The molecular formula is C11H20N2O. The first kappa shape index (κ1) is 9.97. The van der Waals surface area contributed by atoms with E-state index in [0.717, 1.165) is 37.8 Å². The first-order chi connectivity index (χ1) is 6.66. The molecule has 0 bridgehead atoms. The molecule has 1 saturated heterocycles. The van der Waals surface area contributed by atoms with Crippen molar-refractivity contribution in [3.05, 3.63) is 0 Å². The predicted octanol–water partition coefficient (Wildman–Crippen LogP) is 0.982. The number of nitrogens with two attached hydrogens (primary N) is 1. The van der Waals surface area contributed by atoms with Gasteiger partial charge in [0.05, 0.1) is 6.04 Å². The van der Waals surface area contributed by atoms with Crippen LogP contribution in [0.3, 0.4) is 0 Å². The van der Waals surface area contributed by atoms with E-state index in [4.69, 9.17) is 5.73 Å². The third-order valence-corrected chi connectivity index (χ3v) is 3.66. The molecule has 1 aliphatic carbocycles. The summed E-state index contributed by atoms with van der Waals surface area (Å²) in [6.07, 6.45) is 4.78. The Balaban J connectivity index is 1.82. The summed E-state index contributed by atoms with van der Waals surface area (Å²) in [7, 11) is 0. The van der Waals surface area contributed by atoms with Gasteiger partial charge >= 0.3 is 0 Å². The average Bonchev–Trinajstić information content (AvgIpc) is 2.49. The van der Waals surface area contributed by atoms with Crippen LogP contribution in [0.4, 0.5) is 0 Å². The molecule has 80 valence electrons. The Morgan fingerprint density at radius 1 is 1.50 bits per heavy atom. The van der Waals surface area contributed by atoms with Crippen LogP contribution in [0, 0.1) is 11.8 Å². The maximum absolute atomic E-state index is 11.1. The molecule has 0 radical (unpaired) electrons. The monoisotopic (exact) mass is 196 g/mol. The smallest absolute Gasteiger partial charge is 0.234 e. The normalized spacial score (nSPS) is 38.2. The van der Waals surface area contributed by atoms with Crippen LogP contribution in [0.5, 0.6) is 0 Å². The number of nitrogens with zero attached hydrogens (tertiary/aromatic N) is 1. The highest BCUT2D eigenvalue weighted by molar-refractivity contribution is 5.80. The van der Waals surface area contributed by atoms with Crippen molar-refractivity contribution in [1.82, 2.24) is 4.90 Å². The van der Waals surface area contributed by atoms with Crippen LogP contribution in [0.1, 0.15) is 32.6 Å². The quantitative estimate of drug-likeness (QED) is 0.731. The first-order valence-electron chi connectivity index (χ1n) is 5.70. The number of amides is 1. The molecule has 1 heterocycles. The van der Waals surface area contributed by atoms with E-state index < -0.39 is 0 Å². The number of hydrogen-bond donors (Lipinski definition) is 1. The maximum atomic E-state index is 11.1. The van der Waals surface area contributed by atoms with E-state index in [2.05, 4.69) is 11.8 Å². The van der Waals surface area contributed by atoms with Gasteiger partial charge in [-0.15, -0.1) is 0 Å². The predicted molar refractivity (Wildman–Crippen MR) is 55.7 cm³/mol. The Kier molecular flexibility index (Phi) is 2.77. The number of likely N-dealkylation sites (tertiary alicyclic amines) is 1. The molecule has 0 aromatic heterocycles. The second kappa shape index (κ2) is 3.89. The van der Waals surface area contributed by atoms with Crippen molar-refractivity contribution in [2.24, 2.45) is 17.6 Å². The van der Waals surface area contributed by atoms with Gasteiger partial charge in [0, 0.05) is 6.54 Å². The Morgan fingerprint density at radius 2 is 2.21 bits per heavy atom. The molecule has 3 heteroatoms. The summed E-state index contributed by atoms with van der Waals surface area (Å²) in [5.74, 6) is 1.59. The van der Waals surface area contributed by atoms with Crippen LogP contribution in [0.25, 0.3) is 0 Å². The minimum Gasteiger partial charge on any atom is -0.368 e. The molecule has 1 aliphatic heterocycles. The summed E-state index contributed by atoms with van der Waals surface area (Å²) in [5, 5.41) is 0. The number of carbonyl (C=O) groups excluding carboxylic acids is 1. The van der Waals surface area contributed by atoms with E-state index in [1.165, 1.54) is 12.8 Å². The Bertz CT molecular complexity index is 223. The van der Waals surface area contributed by atoms with Crippen LogP contribution in [-0.2, 0) is 4.79 Å². The van der Waals surface area contributed by atoms with Crippen molar-refractivity contribution in [3.8, 4) is 0 Å². The number of primary amides is 1. The summed E-state index contributed by atoms with van der Waals surface area (Å²) >= 11 is 0. The van der Waals surface area contributed by atoms with Gasteiger partial charge in [-0.1, -0.05) is 6.92 Å².